The van der Waals surface area contributed by atoms with Crippen LogP contribution in [0.25, 0.3) is 0 Å². The molecule has 0 aliphatic rings. The van der Waals surface area contributed by atoms with E-state index in [1.54, 1.807) is 6.92 Å². The molecule has 0 heterocycles. The van der Waals surface area contributed by atoms with E-state index in [4.69, 9.17) is 4.74 Å². The van der Waals surface area contributed by atoms with Gasteiger partial charge in [0.15, 0.2) is 0 Å². The van der Waals surface area contributed by atoms with Gasteiger partial charge in [0, 0.05) is 19.6 Å². The number of thioether (sulfide) groups is 1. The summed E-state index contributed by atoms with van der Waals surface area (Å²) in [6.45, 7) is 3.72. The summed E-state index contributed by atoms with van der Waals surface area (Å²) in [5.41, 5.74) is 0. The summed E-state index contributed by atoms with van der Waals surface area (Å²) < 4.78 is 13.7. The molecule has 1 amide bonds. The highest BCUT2D eigenvalue weighted by molar-refractivity contribution is 8.13. The zero-order valence-electron chi connectivity index (χ0n) is 11.5. The van der Waals surface area contributed by atoms with Crippen molar-refractivity contribution in [3.63, 3.8) is 0 Å². The van der Waals surface area contributed by atoms with Crippen molar-refractivity contribution >= 4 is 34.9 Å². The first-order chi connectivity index (χ1) is 9.36. The molecule has 0 saturated carbocycles. The predicted octanol–water partition coefficient (Wildman–Crippen LogP) is 0.445. The van der Waals surface area contributed by atoms with Crippen LogP contribution in [0.2, 0.25) is 0 Å². The van der Waals surface area contributed by atoms with Crippen molar-refractivity contribution in [3.05, 3.63) is 0 Å². The number of esters is 2. The molecule has 0 rings (SSSR count). The average Bonchev–Trinajstić information content (AvgIpc) is 2.33. The van der Waals surface area contributed by atoms with Crippen LogP contribution >= 0.6 is 11.8 Å². The number of amides is 1. The van der Waals surface area contributed by atoms with Gasteiger partial charge in [-0.3, -0.25) is 9.59 Å². The van der Waals surface area contributed by atoms with E-state index in [2.05, 4.69) is 14.8 Å². The van der Waals surface area contributed by atoms with Gasteiger partial charge in [-0.25, -0.2) is 9.59 Å². The molecule has 20 heavy (non-hydrogen) atoms. The van der Waals surface area contributed by atoms with Crippen LogP contribution in [0.3, 0.4) is 0 Å². The number of ether oxygens (including phenoxy) is 3. The van der Waals surface area contributed by atoms with Crippen LogP contribution in [0.5, 0.6) is 0 Å². The second-order valence-corrected chi connectivity index (χ2v) is 4.42. The predicted molar refractivity (Wildman–Crippen MR) is 69.8 cm³/mol. The summed E-state index contributed by atoms with van der Waals surface area (Å²) in [6, 6.07) is -0.946. The van der Waals surface area contributed by atoms with Crippen molar-refractivity contribution in [1.82, 2.24) is 5.32 Å². The van der Waals surface area contributed by atoms with Crippen LogP contribution in [0, 0.1) is 0 Å². The number of carbonyl (C=O) groups excluding carboxylic acids is 4. The molecule has 0 unspecified atom stereocenters. The van der Waals surface area contributed by atoms with Gasteiger partial charge in [0.05, 0.1) is 6.61 Å². The summed E-state index contributed by atoms with van der Waals surface area (Å²) in [5, 5.41) is 1.64. The van der Waals surface area contributed by atoms with Crippen molar-refractivity contribution in [3.8, 4) is 0 Å². The van der Waals surface area contributed by atoms with Crippen molar-refractivity contribution in [2.24, 2.45) is 0 Å². The number of carbonyl (C=O) groups is 4. The lowest BCUT2D eigenvalue weighted by Crippen LogP contribution is -2.42. The largest absolute Gasteiger partial charge is 0.464 e. The van der Waals surface area contributed by atoms with E-state index < -0.39 is 36.0 Å². The van der Waals surface area contributed by atoms with Crippen LogP contribution in [-0.4, -0.2) is 48.3 Å². The molecule has 0 bridgehead atoms. The second-order valence-electron chi connectivity index (χ2n) is 3.46. The second kappa shape index (κ2) is 10.1. The van der Waals surface area contributed by atoms with Crippen LogP contribution in [-0.2, 0) is 28.6 Å². The van der Waals surface area contributed by atoms with Crippen LogP contribution in [0.15, 0.2) is 0 Å². The van der Waals surface area contributed by atoms with E-state index in [9.17, 15) is 19.2 Å². The monoisotopic (exact) mass is 307 g/mol. The Hall–Kier alpha value is -1.77. The molecular formula is C11H17NO7S. The zero-order valence-corrected chi connectivity index (χ0v) is 12.3. The molecule has 0 fully saturated rings. The van der Waals surface area contributed by atoms with Crippen LogP contribution in [0.1, 0.15) is 20.8 Å². The lowest BCUT2D eigenvalue weighted by atomic mass is 10.3. The maximum Gasteiger partial charge on any atom is 0.370 e. The third kappa shape index (κ3) is 9.20. The first kappa shape index (κ1) is 18.2. The van der Waals surface area contributed by atoms with Gasteiger partial charge in [0.25, 0.3) is 0 Å². The summed E-state index contributed by atoms with van der Waals surface area (Å²) in [6.07, 6.45) is 0. The van der Waals surface area contributed by atoms with Gasteiger partial charge in [0.1, 0.15) is 6.04 Å². The summed E-state index contributed by atoms with van der Waals surface area (Å²) in [7, 11) is 0. The van der Waals surface area contributed by atoms with Crippen LogP contribution in [0.4, 0.5) is 4.79 Å². The van der Waals surface area contributed by atoms with Gasteiger partial charge in [0.2, 0.25) is 12.7 Å². The molecule has 0 radical (unpaired) electrons. The van der Waals surface area contributed by atoms with Crippen molar-refractivity contribution in [2.75, 3.05) is 19.2 Å². The molecule has 0 aromatic rings. The molecule has 0 aliphatic carbocycles. The van der Waals surface area contributed by atoms with E-state index in [1.807, 2.05) is 0 Å². The lowest BCUT2D eigenvalue weighted by molar-refractivity contribution is -0.148. The van der Waals surface area contributed by atoms with Gasteiger partial charge in [-0.2, -0.15) is 0 Å². The average molecular weight is 307 g/mol. The Kier molecular flexibility index (Phi) is 9.18. The third-order valence-corrected chi connectivity index (χ3v) is 2.61. The fourth-order valence-corrected chi connectivity index (χ4v) is 1.66. The standard InChI is InChI=1S/C11H17NO7S/c1-4-17-10(15)9(12-7(2)13)5-20-11(16)19-6-18-8(3)14/h9H,4-6H2,1-3H3,(H,12,13)/t9-/m0/s1. The molecule has 1 atom stereocenters. The first-order valence-electron chi connectivity index (χ1n) is 5.73. The minimum Gasteiger partial charge on any atom is -0.464 e. The van der Waals surface area contributed by atoms with Crippen LogP contribution < -0.4 is 5.32 Å². The first-order valence-corrected chi connectivity index (χ1v) is 6.72. The molecule has 8 nitrogen and oxygen atoms in total. The Morgan fingerprint density at radius 2 is 1.75 bits per heavy atom. The van der Waals surface area contributed by atoms with Gasteiger partial charge in [-0.15, -0.1) is 0 Å². The minimum atomic E-state index is -0.946. The number of rotatable bonds is 7. The SMILES string of the molecule is CCOC(=O)[C@H](CSC(=O)OCOC(C)=O)NC(C)=O. The molecule has 114 valence electrons. The Morgan fingerprint density at radius 1 is 1.10 bits per heavy atom. The maximum atomic E-state index is 11.5. The van der Waals surface area contributed by atoms with E-state index >= 15 is 0 Å². The van der Waals surface area contributed by atoms with Gasteiger partial charge in [-0.05, 0) is 18.7 Å². The highest BCUT2D eigenvalue weighted by atomic mass is 32.2. The smallest absolute Gasteiger partial charge is 0.370 e. The highest BCUT2D eigenvalue weighted by Crippen LogP contribution is 2.09. The molecule has 0 saturated heterocycles. The van der Waals surface area contributed by atoms with Crippen molar-refractivity contribution < 1.29 is 33.4 Å². The normalized spacial score (nSPS) is 11.2. The molecule has 1 N–H and O–H groups in total. The molecule has 0 aliphatic heterocycles. The number of hydrogen-bond acceptors (Lipinski definition) is 8. The fraction of sp³-hybridized carbons (Fsp3) is 0.636. The Labute approximate surface area is 120 Å². The molecule has 9 heteroatoms. The van der Waals surface area contributed by atoms with Crippen molar-refractivity contribution in [2.45, 2.75) is 26.8 Å². The van der Waals surface area contributed by atoms with Gasteiger partial charge in [-0.1, -0.05) is 0 Å². The minimum absolute atomic E-state index is 0.0443. The number of nitrogens with one attached hydrogen (secondary N) is 1. The van der Waals surface area contributed by atoms with E-state index in [1.165, 1.54) is 13.8 Å². The van der Waals surface area contributed by atoms with E-state index in [-0.39, 0.29) is 12.4 Å². The molecular weight excluding hydrogens is 290 g/mol. The Bertz CT molecular complexity index is 372. The van der Waals surface area contributed by atoms with E-state index in [0.717, 1.165) is 0 Å². The molecule has 0 aromatic heterocycles. The fourth-order valence-electron chi connectivity index (χ4n) is 1.01. The van der Waals surface area contributed by atoms with Crippen molar-refractivity contribution in [1.29, 1.82) is 0 Å². The van der Waals surface area contributed by atoms with Gasteiger partial charge >= 0.3 is 17.2 Å². The highest BCUT2D eigenvalue weighted by Gasteiger charge is 2.22. The topological polar surface area (TPSA) is 108 Å². The third-order valence-electron chi connectivity index (χ3n) is 1.76. The van der Waals surface area contributed by atoms with Gasteiger partial charge < -0.3 is 19.5 Å². The lowest BCUT2D eigenvalue weighted by Gasteiger charge is -2.15. The Morgan fingerprint density at radius 3 is 2.25 bits per heavy atom. The zero-order chi connectivity index (χ0) is 15.5. The summed E-state index contributed by atoms with van der Waals surface area (Å²) in [4.78, 5) is 44.2. The maximum absolute atomic E-state index is 11.5. The number of hydrogen-bond donors (Lipinski definition) is 1. The summed E-state index contributed by atoms with van der Waals surface area (Å²) >= 11 is 0.664. The summed E-state index contributed by atoms with van der Waals surface area (Å²) in [5.74, 6) is -1.68. The molecule has 0 aromatic carbocycles. The Balaban J connectivity index is 4.17. The quantitative estimate of drug-likeness (QED) is 0.533. The molecule has 0 spiro atoms. The van der Waals surface area contributed by atoms with E-state index in [0.29, 0.717) is 11.8 Å².